The van der Waals surface area contributed by atoms with Crippen molar-refractivity contribution in [1.29, 1.82) is 0 Å². The Bertz CT molecular complexity index is 1420. The zero-order chi connectivity index (χ0) is 24.4. The summed E-state index contributed by atoms with van der Waals surface area (Å²) in [7, 11) is 0. The molecule has 8 heteroatoms. The number of anilines is 2. The molecule has 3 amide bonds. The second kappa shape index (κ2) is 9.52. The predicted molar refractivity (Wildman–Crippen MR) is 138 cm³/mol. The van der Waals surface area contributed by atoms with Crippen LogP contribution in [0, 0.1) is 20.8 Å². The third-order valence-electron chi connectivity index (χ3n) is 5.36. The number of amides is 3. The fourth-order valence-corrected chi connectivity index (χ4v) is 3.97. The van der Waals surface area contributed by atoms with Gasteiger partial charge in [-0.15, -0.1) is 0 Å². The highest BCUT2D eigenvalue weighted by Gasteiger charge is 2.21. The molecule has 0 bridgehead atoms. The number of aryl methyl sites for hydroxylation is 3. The molecule has 0 spiro atoms. The molecule has 4 rings (SSSR count). The van der Waals surface area contributed by atoms with Crippen molar-refractivity contribution in [2.75, 3.05) is 16.1 Å². The number of halogens is 1. The molecular formula is C26H23BrN4O3. The Labute approximate surface area is 205 Å². The smallest absolute Gasteiger partial charge is 0.321 e. The highest BCUT2D eigenvalue weighted by atomic mass is 79.9. The van der Waals surface area contributed by atoms with Gasteiger partial charge < -0.3 is 10.6 Å². The van der Waals surface area contributed by atoms with E-state index in [0.717, 1.165) is 26.5 Å². The molecule has 1 aromatic heterocycles. The minimum Gasteiger partial charge on any atom is -0.321 e. The van der Waals surface area contributed by atoms with E-state index in [1.807, 2.05) is 51.1 Å². The van der Waals surface area contributed by atoms with Crippen LogP contribution in [-0.4, -0.2) is 22.4 Å². The third kappa shape index (κ3) is 5.02. The van der Waals surface area contributed by atoms with Crippen LogP contribution in [0.3, 0.4) is 0 Å². The molecule has 7 nitrogen and oxygen atoms in total. The first kappa shape index (κ1) is 23.3. The van der Waals surface area contributed by atoms with Gasteiger partial charge in [0.1, 0.15) is 5.69 Å². The lowest BCUT2D eigenvalue weighted by molar-refractivity contribution is -0.133. The molecule has 0 radical (unpaired) electrons. The molecule has 0 atom stereocenters. The molecule has 3 N–H and O–H groups in total. The van der Waals surface area contributed by atoms with E-state index in [1.54, 1.807) is 36.4 Å². The summed E-state index contributed by atoms with van der Waals surface area (Å²) < 4.78 is 2.15. The molecule has 0 saturated heterocycles. The largest absolute Gasteiger partial charge is 0.328 e. The number of fused-ring (bicyclic) bond motifs is 1. The Hall–Kier alpha value is -3.91. The van der Waals surface area contributed by atoms with Crippen LogP contribution in [0.1, 0.15) is 27.2 Å². The molecule has 0 aliphatic carbocycles. The molecule has 0 unspecified atom stereocenters. The van der Waals surface area contributed by atoms with Crippen molar-refractivity contribution in [3.05, 3.63) is 93.6 Å². The van der Waals surface area contributed by atoms with E-state index in [4.69, 9.17) is 0 Å². The van der Waals surface area contributed by atoms with Crippen molar-refractivity contribution >= 4 is 55.9 Å². The van der Waals surface area contributed by atoms with Crippen LogP contribution in [0.2, 0.25) is 0 Å². The van der Waals surface area contributed by atoms with Gasteiger partial charge >= 0.3 is 11.8 Å². The molecule has 0 aliphatic rings. The lowest BCUT2D eigenvalue weighted by Crippen LogP contribution is -2.36. The Kier molecular flexibility index (Phi) is 6.51. The lowest BCUT2D eigenvalue weighted by atomic mass is 10.1. The SMILES string of the molecule is Cc1ccc(NC(=O)c2cc3cc(Br)ccc3n2NC(=O)C(=O)Nc2ccc(C)cc2C)cc1. The van der Waals surface area contributed by atoms with E-state index in [2.05, 4.69) is 32.0 Å². The van der Waals surface area contributed by atoms with Gasteiger partial charge in [0.15, 0.2) is 0 Å². The van der Waals surface area contributed by atoms with Crippen LogP contribution in [0.15, 0.2) is 71.2 Å². The molecule has 0 saturated carbocycles. The van der Waals surface area contributed by atoms with Crippen molar-refractivity contribution < 1.29 is 14.4 Å². The summed E-state index contributed by atoms with van der Waals surface area (Å²) in [6.07, 6.45) is 0. The molecule has 0 fully saturated rings. The van der Waals surface area contributed by atoms with Gasteiger partial charge in [0.25, 0.3) is 5.91 Å². The number of nitrogens with zero attached hydrogens (tertiary/aromatic N) is 1. The molecule has 4 aromatic rings. The van der Waals surface area contributed by atoms with E-state index in [9.17, 15) is 14.4 Å². The first-order valence-electron chi connectivity index (χ1n) is 10.6. The first-order chi connectivity index (χ1) is 16.2. The lowest BCUT2D eigenvalue weighted by Gasteiger charge is -2.13. The van der Waals surface area contributed by atoms with Gasteiger partial charge in [-0.05, 0) is 68.8 Å². The number of carbonyl (C=O) groups is 3. The van der Waals surface area contributed by atoms with Gasteiger partial charge in [-0.1, -0.05) is 51.3 Å². The standard InChI is InChI=1S/C26H23BrN4O3/c1-15-4-8-20(9-5-15)28-24(32)23-14-18-13-19(27)7-11-22(18)31(23)30-26(34)25(33)29-21-10-6-16(2)12-17(21)3/h4-14H,1-3H3,(H,28,32)(H,29,33)(H,30,34). The molecule has 0 aliphatic heterocycles. The second-order valence-corrected chi connectivity index (χ2v) is 9.02. The van der Waals surface area contributed by atoms with Crippen LogP contribution >= 0.6 is 15.9 Å². The van der Waals surface area contributed by atoms with Gasteiger partial charge in [0.2, 0.25) is 0 Å². The van der Waals surface area contributed by atoms with E-state index in [1.165, 1.54) is 4.68 Å². The number of carbonyl (C=O) groups excluding carboxylic acids is 3. The zero-order valence-electron chi connectivity index (χ0n) is 18.9. The van der Waals surface area contributed by atoms with E-state index in [-0.39, 0.29) is 5.69 Å². The summed E-state index contributed by atoms with van der Waals surface area (Å²) in [6, 6.07) is 19.9. The monoisotopic (exact) mass is 518 g/mol. The number of hydrogen-bond acceptors (Lipinski definition) is 3. The van der Waals surface area contributed by atoms with Gasteiger partial charge in [-0.2, -0.15) is 0 Å². The van der Waals surface area contributed by atoms with Crippen LogP contribution in [-0.2, 0) is 9.59 Å². The predicted octanol–water partition coefficient (Wildman–Crippen LogP) is 5.29. The van der Waals surface area contributed by atoms with Gasteiger partial charge in [0.05, 0.1) is 5.52 Å². The maximum absolute atomic E-state index is 13.1. The Morgan fingerprint density at radius 2 is 1.47 bits per heavy atom. The summed E-state index contributed by atoms with van der Waals surface area (Å²) in [5.41, 5.74) is 7.45. The normalized spacial score (nSPS) is 10.7. The highest BCUT2D eigenvalue weighted by Crippen LogP contribution is 2.24. The zero-order valence-corrected chi connectivity index (χ0v) is 20.5. The average molecular weight is 519 g/mol. The van der Waals surface area contributed by atoms with Crippen molar-refractivity contribution in [1.82, 2.24) is 4.68 Å². The van der Waals surface area contributed by atoms with Gasteiger partial charge in [0, 0.05) is 21.2 Å². The number of aromatic nitrogens is 1. The third-order valence-corrected chi connectivity index (χ3v) is 5.85. The number of benzene rings is 3. The van der Waals surface area contributed by atoms with Crippen LogP contribution in [0.4, 0.5) is 11.4 Å². The van der Waals surface area contributed by atoms with Gasteiger partial charge in [-0.3, -0.25) is 19.8 Å². The van der Waals surface area contributed by atoms with E-state index >= 15 is 0 Å². The Morgan fingerprint density at radius 1 is 0.765 bits per heavy atom. The number of hydrogen-bond donors (Lipinski definition) is 3. The molecular weight excluding hydrogens is 496 g/mol. The summed E-state index contributed by atoms with van der Waals surface area (Å²) in [5.74, 6) is -2.16. The summed E-state index contributed by atoms with van der Waals surface area (Å²) in [4.78, 5) is 38.5. The summed E-state index contributed by atoms with van der Waals surface area (Å²) in [5, 5.41) is 6.18. The number of nitrogens with one attached hydrogen (secondary N) is 3. The quantitative estimate of drug-likeness (QED) is 0.320. The van der Waals surface area contributed by atoms with Crippen LogP contribution in [0.5, 0.6) is 0 Å². The summed E-state index contributed by atoms with van der Waals surface area (Å²) >= 11 is 3.43. The van der Waals surface area contributed by atoms with Crippen molar-refractivity contribution in [3.63, 3.8) is 0 Å². The molecule has 3 aromatic carbocycles. The minimum atomic E-state index is -0.898. The highest BCUT2D eigenvalue weighted by molar-refractivity contribution is 9.10. The molecule has 1 heterocycles. The van der Waals surface area contributed by atoms with Gasteiger partial charge in [-0.25, -0.2) is 4.68 Å². The van der Waals surface area contributed by atoms with E-state index < -0.39 is 17.7 Å². The fourth-order valence-electron chi connectivity index (χ4n) is 3.59. The van der Waals surface area contributed by atoms with E-state index in [0.29, 0.717) is 16.9 Å². The van der Waals surface area contributed by atoms with Crippen molar-refractivity contribution in [3.8, 4) is 0 Å². The first-order valence-corrected chi connectivity index (χ1v) is 11.4. The van der Waals surface area contributed by atoms with Crippen LogP contribution in [0.25, 0.3) is 10.9 Å². The number of rotatable bonds is 4. The topological polar surface area (TPSA) is 92.2 Å². The maximum atomic E-state index is 13.1. The second-order valence-electron chi connectivity index (χ2n) is 8.10. The molecule has 34 heavy (non-hydrogen) atoms. The Balaban J connectivity index is 1.62. The average Bonchev–Trinajstić information content (AvgIpc) is 3.14. The summed E-state index contributed by atoms with van der Waals surface area (Å²) in [6.45, 7) is 5.76. The maximum Gasteiger partial charge on any atom is 0.328 e. The van der Waals surface area contributed by atoms with Crippen LogP contribution < -0.4 is 16.1 Å². The minimum absolute atomic E-state index is 0.182. The Morgan fingerprint density at radius 3 is 2.18 bits per heavy atom. The van der Waals surface area contributed by atoms with Crippen molar-refractivity contribution in [2.45, 2.75) is 20.8 Å². The van der Waals surface area contributed by atoms with Crippen molar-refractivity contribution in [2.24, 2.45) is 0 Å². The molecule has 172 valence electrons. The fraction of sp³-hybridized carbons (Fsp3) is 0.115.